The molecule has 7 heteroatoms. The number of carbonyl (C=O) groups excluding carboxylic acids is 2. The van der Waals surface area contributed by atoms with Gasteiger partial charge in [0.05, 0.1) is 17.3 Å². The number of hydrogen-bond acceptors (Lipinski definition) is 3. The van der Waals surface area contributed by atoms with E-state index in [1.807, 2.05) is 13.8 Å². The van der Waals surface area contributed by atoms with Gasteiger partial charge in [0, 0.05) is 11.6 Å². The summed E-state index contributed by atoms with van der Waals surface area (Å²) in [6, 6.07) is 4.16. The number of carbonyl (C=O) groups is 2. The Morgan fingerprint density at radius 1 is 1.27 bits per heavy atom. The highest BCUT2D eigenvalue weighted by Gasteiger charge is 2.17. The van der Waals surface area contributed by atoms with E-state index < -0.39 is 6.04 Å². The van der Waals surface area contributed by atoms with E-state index >= 15 is 0 Å². The topological polar surface area (TPSA) is 84.2 Å². The summed E-state index contributed by atoms with van der Waals surface area (Å²) in [6.07, 6.45) is 2.24. The lowest BCUT2D eigenvalue weighted by Gasteiger charge is -2.14. The smallest absolute Gasteiger partial charge is 0.253 e. The molecular formula is C15H23Cl2N3O2. The predicted molar refractivity (Wildman–Crippen MR) is 92.8 cm³/mol. The zero-order chi connectivity index (χ0) is 15.8. The molecule has 1 rings (SSSR count). The predicted octanol–water partition coefficient (Wildman–Crippen LogP) is 2.97. The molecule has 0 fully saturated rings. The van der Waals surface area contributed by atoms with Crippen LogP contribution in [0.4, 0.5) is 5.69 Å². The Morgan fingerprint density at radius 3 is 2.55 bits per heavy atom. The number of benzene rings is 1. The minimum absolute atomic E-state index is 0. The fourth-order valence-corrected chi connectivity index (χ4v) is 1.99. The first-order chi connectivity index (χ1) is 9.99. The van der Waals surface area contributed by atoms with E-state index in [4.69, 9.17) is 17.3 Å². The molecule has 0 spiro atoms. The van der Waals surface area contributed by atoms with Crippen molar-refractivity contribution in [3.63, 3.8) is 0 Å². The quantitative estimate of drug-likeness (QED) is 0.708. The molecule has 1 aromatic carbocycles. The van der Waals surface area contributed by atoms with Gasteiger partial charge in [-0.2, -0.15) is 0 Å². The zero-order valence-electron chi connectivity index (χ0n) is 12.8. The van der Waals surface area contributed by atoms with Gasteiger partial charge >= 0.3 is 0 Å². The first kappa shape index (κ1) is 20.7. The molecule has 1 unspecified atom stereocenters. The van der Waals surface area contributed by atoms with Gasteiger partial charge in [0.2, 0.25) is 5.91 Å². The molecule has 2 amide bonds. The van der Waals surface area contributed by atoms with Crippen LogP contribution in [0.2, 0.25) is 5.02 Å². The average Bonchev–Trinajstić information content (AvgIpc) is 2.45. The number of nitrogens with one attached hydrogen (secondary N) is 2. The third-order valence-corrected chi connectivity index (χ3v) is 3.19. The summed E-state index contributed by atoms with van der Waals surface area (Å²) in [4.78, 5) is 24.1. The lowest BCUT2D eigenvalue weighted by Crippen LogP contribution is -2.36. The van der Waals surface area contributed by atoms with Crippen molar-refractivity contribution >= 4 is 41.5 Å². The molecule has 0 saturated heterocycles. The lowest BCUT2D eigenvalue weighted by molar-refractivity contribution is -0.117. The van der Waals surface area contributed by atoms with E-state index in [1.165, 1.54) is 0 Å². The summed E-state index contributed by atoms with van der Waals surface area (Å²) < 4.78 is 0. The molecule has 0 heterocycles. The molecule has 5 nitrogen and oxygen atoms in total. The molecule has 1 aromatic rings. The number of nitrogens with two attached hydrogens (primary N) is 1. The number of hydrogen-bond donors (Lipinski definition) is 3. The molecule has 0 aromatic heterocycles. The summed E-state index contributed by atoms with van der Waals surface area (Å²) in [6.45, 7) is 4.49. The van der Waals surface area contributed by atoms with Gasteiger partial charge in [-0.05, 0) is 31.0 Å². The summed E-state index contributed by atoms with van der Waals surface area (Å²) in [5.41, 5.74) is 6.54. The summed E-state index contributed by atoms with van der Waals surface area (Å²) in [5, 5.41) is 5.90. The van der Waals surface area contributed by atoms with Gasteiger partial charge in [0.25, 0.3) is 5.91 Å². The Bertz CT molecular complexity index is 510. The third kappa shape index (κ3) is 6.22. The second-order valence-corrected chi connectivity index (χ2v) is 5.27. The van der Waals surface area contributed by atoms with Crippen molar-refractivity contribution in [2.24, 2.45) is 5.73 Å². The SMILES string of the molecule is CCCNC(=O)c1ccc(Cl)cc1NC(=O)C(N)CCC.Cl. The molecular weight excluding hydrogens is 325 g/mol. The highest BCUT2D eigenvalue weighted by atomic mass is 35.5. The Labute approximate surface area is 142 Å². The molecule has 0 radical (unpaired) electrons. The summed E-state index contributed by atoms with van der Waals surface area (Å²) in [5.74, 6) is -0.559. The highest BCUT2D eigenvalue weighted by Crippen LogP contribution is 2.21. The number of amides is 2. The summed E-state index contributed by atoms with van der Waals surface area (Å²) >= 11 is 5.94. The number of halogens is 2. The molecule has 0 aliphatic carbocycles. The normalized spacial score (nSPS) is 11.3. The van der Waals surface area contributed by atoms with Crippen LogP contribution in [0.5, 0.6) is 0 Å². The third-order valence-electron chi connectivity index (χ3n) is 2.96. The monoisotopic (exact) mass is 347 g/mol. The van der Waals surface area contributed by atoms with E-state index in [9.17, 15) is 9.59 Å². The summed E-state index contributed by atoms with van der Waals surface area (Å²) in [7, 11) is 0. The second kappa shape index (κ2) is 10.4. The molecule has 4 N–H and O–H groups in total. The first-order valence-electron chi connectivity index (χ1n) is 7.13. The molecule has 22 heavy (non-hydrogen) atoms. The van der Waals surface area contributed by atoms with Crippen molar-refractivity contribution in [1.29, 1.82) is 0 Å². The second-order valence-electron chi connectivity index (χ2n) is 4.83. The maximum absolute atomic E-state index is 12.1. The van der Waals surface area contributed by atoms with E-state index in [1.54, 1.807) is 18.2 Å². The molecule has 0 aliphatic rings. The maximum Gasteiger partial charge on any atom is 0.253 e. The van der Waals surface area contributed by atoms with Crippen molar-refractivity contribution in [1.82, 2.24) is 5.32 Å². The van der Waals surface area contributed by atoms with Crippen molar-refractivity contribution in [2.45, 2.75) is 39.2 Å². The Balaban J connectivity index is 0.00000441. The van der Waals surface area contributed by atoms with Gasteiger partial charge in [-0.3, -0.25) is 9.59 Å². The first-order valence-corrected chi connectivity index (χ1v) is 7.51. The molecule has 1 atom stereocenters. The Hall–Kier alpha value is -1.30. The van der Waals surface area contributed by atoms with Gasteiger partial charge in [0.15, 0.2) is 0 Å². The van der Waals surface area contributed by atoms with E-state index in [-0.39, 0.29) is 24.2 Å². The van der Waals surface area contributed by atoms with Gasteiger partial charge in [-0.15, -0.1) is 12.4 Å². The van der Waals surface area contributed by atoms with E-state index in [0.717, 1.165) is 12.8 Å². The number of rotatable bonds is 7. The fourth-order valence-electron chi connectivity index (χ4n) is 1.82. The van der Waals surface area contributed by atoms with E-state index in [2.05, 4.69) is 10.6 Å². The van der Waals surface area contributed by atoms with Crippen LogP contribution < -0.4 is 16.4 Å². The van der Waals surface area contributed by atoms with Crippen LogP contribution in [0.25, 0.3) is 0 Å². The van der Waals surface area contributed by atoms with Gasteiger partial charge in [0.1, 0.15) is 0 Å². The fraction of sp³-hybridized carbons (Fsp3) is 0.467. The highest BCUT2D eigenvalue weighted by molar-refractivity contribution is 6.31. The van der Waals surface area contributed by atoms with Crippen molar-refractivity contribution in [3.05, 3.63) is 28.8 Å². The van der Waals surface area contributed by atoms with Crippen LogP contribution in [-0.4, -0.2) is 24.4 Å². The lowest BCUT2D eigenvalue weighted by atomic mass is 10.1. The molecule has 0 bridgehead atoms. The maximum atomic E-state index is 12.1. The molecule has 124 valence electrons. The van der Waals surface area contributed by atoms with Crippen molar-refractivity contribution in [2.75, 3.05) is 11.9 Å². The zero-order valence-corrected chi connectivity index (χ0v) is 14.4. The van der Waals surface area contributed by atoms with Crippen LogP contribution in [0.3, 0.4) is 0 Å². The Morgan fingerprint density at radius 2 is 1.95 bits per heavy atom. The van der Waals surface area contributed by atoms with Gasteiger partial charge in [-0.1, -0.05) is 31.9 Å². The average molecular weight is 348 g/mol. The van der Waals surface area contributed by atoms with Crippen molar-refractivity contribution in [3.8, 4) is 0 Å². The minimum atomic E-state index is -0.597. The van der Waals surface area contributed by atoms with Crippen LogP contribution in [0, 0.1) is 0 Å². The van der Waals surface area contributed by atoms with Crippen LogP contribution in [0.1, 0.15) is 43.5 Å². The molecule has 0 aliphatic heterocycles. The van der Waals surface area contributed by atoms with Crippen LogP contribution >= 0.6 is 24.0 Å². The minimum Gasteiger partial charge on any atom is -0.352 e. The standard InChI is InChI=1S/C15H22ClN3O2.ClH/c1-3-5-12(17)15(21)19-13-9-10(16)6-7-11(13)14(20)18-8-4-2;/h6-7,9,12H,3-5,8,17H2,1-2H3,(H,18,20)(H,19,21);1H. The van der Waals surface area contributed by atoms with Crippen molar-refractivity contribution < 1.29 is 9.59 Å². The van der Waals surface area contributed by atoms with Crippen LogP contribution in [0.15, 0.2) is 18.2 Å². The molecule has 0 saturated carbocycles. The number of anilines is 1. The van der Waals surface area contributed by atoms with E-state index in [0.29, 0.717) is 29.2 Å². The largest absolute Gasteiger partial charge is 0.352 e. The van der Waals surface area contributed by atoms with Gasteiger partial charge in [-0.25, -0.2) is 0 Å². The van der Waals surface area contributed by atoms with Gasteiger partial charge < -0.3 is 16.4 Å². The van der Waals surface area contributed by atoms with Crippen LogP contribution in [-0.2, 0) is 4.79 Å². The Kier molecular flexibility index (Phi) is 9.81.